The Balaban J connectivity index is -0.0000000886. The molecule has 6 nitrogen and oxygen atoms in total. The molecule has 0 atom stereocenters. The quantitative estimate of drug-likeness (QED) is 0.387. The summed E-state index contributed by atoms with van der Waals surface area (Å²) in [5, 5.41) is 0. The molecule has 0 saturated carbocycles. The van der Waals surface area contributed by atoms with Crippen LogP contribution < -0.4 is 0 Å². The average Bonchev–Trinajstić information content (AvgIpc) is 1.60. The Bertz CT molecular complexity index is 86.8. The van der Waals surface area contributed by atoms with Crippen molar-refractivity contribution in [2.45, 2.75) is 0 Å². The van der Waals surface area contributed by atoms with Crippen LogP contribution in [0.15, 0.2) is 0 Å². The molecule has 0 bridgehead atoms. The first kappa shape index (κ1) is 17.9. The molecule has 0 heterocycles. The summed E-state index contributed by atoms with van der Waals surface area (Å²) in [6.07, 6.45) is 0. The molecule has 0 unspecified atom stereocenters. The minimum Gasteiger partial charge on any atom is -0.134 e. The van der Waals surface area contributed by atoms with Crippen LogP contribution in [0.1, 0.15) is 0 Å². The Labute approximate surface area is 81.4 Å². The van der Waals surface area contributed by atoms with Gasteiger partial charge in [-0.25, -0.2) is 0 Å². The first-order chi connectivity index (χ1) is 4.88. The van der Waals surface area contributed by atoms with Crippen molar-refractivity contribution < 1.29 is 28.7 Å². The predicted molar refractivity (Wildman–Crippen MR) is 46.8 cm³/mol. The van der Waals surface area contributed by atoms with Gasteiger partial charge in [-0.05, 0) is 0 Å². The highest BCUT2D eigenvalue weighted by molar-refractivity contribution is 9.24. The molecule has 0 amide bonds. The molecule has 0 fully saturated rings. The molecular weight excluding hydrogens is 330 g/mol. The first-order valence-electron chi connectivity index (χ1n) is 1.70. The van der Waals surface area contributed by atoms with Crippen molar-refractivity contribution in [3.8, 4) is 0 Å². The second-order valence-electron chi connectivity index (χ2n) is 0.606. The highest BCUT2D eigenvalue weighted by Crippen LogP contribution is 1.98. The molecular formula is CH6Br2O6P2+2. The molecule has 0 spiro atoms. The van der Waals surface area contributed by atoms with Gasteiger partial charge < -0.3 is 0 Å². The van der Waals surface area contributed by atoms with Gasteiger partial charge in [0.05, 0.1) is 4.24 Å². The predicted octanol–water partition coefficient (Wildman–Crippen LogP) is 0.991. The van der Waals surface area contributed by atoms with Gasteiger partial charge >= 0.3 is 16.5 Å². The van der Waals surface area contributed by atoms with Crippen LogP contribution in [0.5, 0.6) is 0 Å². The highest BCUT2D eigenvalue weighted by Gasteiger charge is 1.93. The van der Waals surface area contributed by atoms with Crippen LogP contribution >= 0.6 is 48.4 Å². The Morgan fingerprint density at radius 1 is 0.909 bits per heavy atom. The fourth-order valence-corrected chi connectivity index (χ4v) is 0. The van der Waals surface area contributed by atoms with Crippen LogP contribution in [0.3, 0.4) is 0 Å². The van der Waals surface area contributed by atoms with E-state index >= 15 is 0 Å². The number of alkyl halides is 2. The number of rotatable bonds is 0. The second-order valence-corrected chi connectivity index (χ2v) is 4.24. The van der Waals surface area contributed by atoms with Crippen LogP contribution in [0, 0.1) is 0 Å². The van der Waals surface area contributed by atoms with Gasteiger partial charge in [0.15, 0.2) is 0 Å². The molecule has 0 aromatic rings. The highest BCUT2D eigenvalue weighted by atomic mass is 79.9. The standard InChI is InChI=1S/CH2Br2.2HO3P/c2-1-3;2*1-4(2)3/h1H2;2*(H-,1,2,3)/p+2. The van der Waals surface area contributed by atoms with Crippen molar-refractivity contribution in [3.63, 3.8) is 0 Å². The molecule has 68 valence electrons. The lowest BCUT2D eigenvalue weighted by Gasteiger charge is -1.43. The van der Waals surface area contributed by atoms with Gasteiger partial charge in [0.2, 0.25) is 0 Å². The fourth-order valence-electron chi connectivity index (χ4n) is 0. The van der Waals surface area contributed by atoms with Gasteiger partial charge in [-0.3, -0.25) is 0 Å². The third kappa shape index (κ3) is 891. The van der Waals surface area contributed by atoms with E-state index in [0.29, 0.717) is 0 Å². The summed E-state index contributed by atoms with van der Waals surface area (Å²) in [6.45, 7) is 0. The van der Waals surface area contributed by atoms with E-state index < -0.39 is 16.5 Å². The Hall–Kier alpha value is 1.00. The minimum atomic E-state index is -2.87. The van der Waals surface area contributed by atoms with E-state index in [1.54, 1.807) is 0 Å². The van der Waals surface area contributed by atoms with Gasteiger partial charge in [0.1, 0.15) is 0 Å². The SMILES string of the molecule is BrCBr.O=[P+](O)O.O=[P+](O)O. The number of hydrogen-bond donors (Lipinski definition) is 4. The summed E-state index contributed by atoms with van der Waals surface area (Å²) in [5.74, 6) is 0. The molecule has 11 heavy (non-hydrogen) atoms. The van der Waals surface area contributed by atoms with E-state index in [1.807, 2.05) is 0 Å². The van der Waals surface area contributed by atoms with Gasteiger partial charge in [0.25, 0.3) is 0 Å². The molecule has 0 aliphatic rings. The van der Waals surface area contributed by atoms with Gasteiger partial charge in [-0.2, -0.15) is 0 Å². The van der Waals surface area contributed by atoms with Crippen LogP contribution in [-0.2, 0) is 9.13 Å². The van der Waals surface area contributed by atoms with E-state index in [2.05, 4.69) is 31.9 Å². The maximum absolute atomic E-state index is 8.70. The summed E-state index contributed by atoms with van der Waals surface area (Å²) < 4.78 is 18.3. The smallest absolute Gasteiger partial charge is 0.134 e. The van der Waals surface area contributed by atoms with Crippen molar-refractivity contribution in [2.24, 2.45) is 0 Å². The lowest BCUT2D eigenvalue weighted by Crippen LogP contribution is -1.38. The van der Waals surface area contributed by atoms with E-state index in [1.165, 1.54) is 0 Å². The number of hydrogen-bond acceptors (Lipinski definition) is 2. The summed E-state index contributed by atoms with van der Waals surface area (Å²) in [7, 11) is -5.74. The van der Waals surface area contributed by atoms with E-state index in [9.17, 15) is 0 Å². The van der Waals surface area contributed by atoms with Crippen LogP contribution in [-0.4, -0.2) is 23.8 Å². The molecule has 10 heteroatoms. The molecule has 0 aliphatic carbocycles. The normalized spacial score (nSPS) is 6.36. The van der Waals surface area contributed by atoms with Crippen molar-refractivity contribution in [3.05, 3.63) is 0 Å². The lowest BCUT2D eigenvalue weighted by atomic mass is 12.0. The fraction of sp³-hybridized carbons (Fsp3) is 1.00. The maximum Gasteiger partial charge on any atom is 0.692 e. The molecule has 0 saturated heterocycles. The summed E-state index contributed by atoms with van der Waals surface area (Å²) in [5.41, 5.74) is 0. The van der Waals surface area contributed by atoms with Crippen molar-refractivity contribution in [1.29, 1.82) is 0 Å². The molecule has 0 aliphatic heterocycles. The van der Waals surface area contributed by atoms with Crippen molar-refractivity contribution >= 4 is 48.4 Å². The second kappa shape index (κ2) is 17.2. The molecule has 0 radical (unpaired) electrons. The third-order valence-electron chi connectivity index (χ3n) is 0. The minimum absolute atomic E-state index is 0.875. The zero-order chi connectivity index (χ0) is 9.86. The van der Waals surface area contributed by atoms with Gasteiger partial charge in [-0.1, -0.05) is 31.9 Å². The Morgan fingerprint density at radius 3 is 0.909 bits per heavy atom. The zero-order valence-corrected chi connectivity index (χ0v) is 9.92. The number of halogens is 2. The van der Waals surface area contributed by atoms with Crippen molar-refractivity contribution in [2.75, 3.05) is 4.24 Å². The monoisotopic (exact) mass is 334 g/mol. The Kier molecular flexibility index (Phi) is 28.0. The summed E-state index contributed by atoms with van der Waals surface area (Å²) in [4.78, 5) is 28.5. The topological polar surface area (TPSA) is 115 Å². The van der Waals surface area contributed by atoms with E-state index in [0.717, 1.165) is 4.24 Å². The van der Waals surface area contributed by atoms with Crippen LogP contribution in [0.2, 0.25) is 0 Å². The van der Waals surface area contributed by atoms with Gasteiger partial charge in [-0.15, -0.1) is 19.6 Å². The summed E-state index contributed by atoms with van der Waals surface area (Å²) in [6, 6.07) is 0. The lowest BCUT2D eigenvalue weighted by molar-refractivity contribution is 0.403. The Morgan fingerprint density at radius 2 is 0.909 bits per heavy atom. The summed E-state index contributed by atoms with van der Waals surface area (Å²) >= 11 is 6.12. The average molecular weight is 336 g/mol. The van der Waals surface area contributed by atoms with Gasteiger partial charge in [0, 0.05) is 9.13 Å². The molecule has 0 aromatic carbocycles. The maximum atomic E-state index is 8.70. The zero-order valence-electron chi connectivity index (χ0n) is 4.96. The largest absolute Gasteiger partial charge is 0.692 e. The third-order valence-corrected chi connectivity index (χ3v) is 0. The van der Waals surface area contributed by atoms with Crippen LogP contribution in [0.4, 0.5) is 0 Å². The first-order valence-corrected chi connectivity index (χ1v) is 6.27. The van der Waals surface area contributed by atoms with E-state index in [4.69, 9.17) is 28.7 Å². The molecule has 0 rings (SSSR count). The van der Waals surface area contributed by atoms with Crippen LogP contribution in [0.25, 0.3) is 0 Å². The molecule has 0 aromatic heterocycles. The van der Waals surface area contributed by atoms with E-state index in [-0.39, 0.29) is 0 Å². The van der Waals surface area contributed by atoms with Crippen molar-refractivity contribution in [1.82, 2.24) is 0 Å². The molecule has 4 N–H and O–H groups in total.